The molecule has 3 aromatic rings. The van der Waals surface area contributed by atoms with Crippen molar-refractivity contribution < 1.29 is 14.3 Å². The predicted molar refractivity (Wildman–Crippen MR) is 125 cm³/mol. The quantitative estimate of drug-likeness (QED) is 0.618. The summed E-state index contributed by atoms with van der Waals surface area (Å²) in [4.78, 5) is 15.4. The number of ether oxygens (including phenoxy) is 2. The summed E-state index contributed by atoms with van der Waals surface area (Å²) in [7, 11) is 1.63. The highest BCUT2D eigenvalue weighted by molar-refractivity contribution is 5.94. The molecule has 32 heavy (non-hydrogen) atoms. The van der Waals surface area contributed by atoms with E-state index in [0.29, 0.717) is 12.2 Å². The minimum atomic E-state index is -0.142. The van der Waals surface area contributed by atoms with Crippen molar-refractivity contribution in [3.8, 4) is 22.7 Å². The first-order chi connectivity index (χ1) is 15.5. The number of aryl methyl sites for hydroxylation is 2. The van der Waals surface area contributed by atoms with Crippen LogP contribution in [0.3, 0.4) is 0 Å². The van der Waals surface area contributed by atoms with Crippen molar-refractivity contribution in [2.24, 2.45) is 0 Å². The van der Waals surface area contributed by atoms with Crippen LogP contribution in [0.25, 0.3) is 16.9 Å². The summed E-state index contributed by atoms with van der Waals surface area (Å²) in [5.74, 6) is 0.614. The summed E-state index contributed by atoms with van der Waals surface area (Å²) >= 11 is 0. The van der Waals surface area contributed by atoms with E-state index in [1.54, 1.807) is 11.8 Å². The molecular weight excluding hydrogens is 404 g/mol. The van der Waals surface area contributed by atoms with Crippen LogP contribution < -0.4 is 10.1 Å². The number of carbonyl (C=O) groups is 1. The Labute approximate surface area is 188 Å². The van der Waals surface area contributed by atoms with Gasteiger partial charge in [0, 0.05) is 31.7 Å². The van der Waals surface area contributed by atoms with Gasteiger partial charge in [-0.25, -0.2) is 4.68 Å². The maximum atomic E-state index is 13.1. The van der Waals surface area contributed by atoms with Gasteiger partial charge in [0.05, 0.1) is 31.7 Å². The lowest BCUT2D eigenvalue weighted by molar-refractivity contribution is 0.0383. The van der Waals surface area contributed by atoms with E-state index in [4.69, 9.17) is 14.6 Å². The number of aromatic nitrogens is 2. The van der Waals surface area contributed by atoms with Gasteiger partial charge < -0.3 is 14.8 Å². The van der Waals surface area contributed by atoms with Crippen LogP contribution in [0, 0.1) is 13.8 Å². The molecule has 0 radical (unpaired) electrons. The smallest absolute Gasteiger partial charge is 0.270 e. The number of nitrogens with one attached hydrogen (secondary N) is 1. The van der Waals surface area contributed by atoms with E-state index in [1.807, 2.05) is 36.4 Å². The first-order valence-electron chi connectivity index (χ1n) is 11.0. The van der Waals surface area contributed by atoms with Gasteiger partial charge in [-0.05, 0) is 61.4 Å². The summed E-state index contributed by atoms with van der Waals surface area (Å²) in [6.07, 6.45) is 0. The van der Waals surface area contributed by atoms with Crippen LogP contribution in [0.1, 0.15) is 21.6 Å². The minimum Gasteiger partial charge on any atom is -0.497 e. The molecule has 0 bridgehead atoms. The molecule has 4 rings (SSSR count). The second kappa shape index (κ2) is 9.97. The Hall–Kier alpha value is -3.16. The molecule has 1 aliphatic rings. The zero-order valence-corrected chi connectivity index (χ0v) is 18.9. The van der Waals surface area contributed by atoms with Crippen molar-refractivity contribution in [3.63, 3.8) is 0 Å². The van der Waals surface area contributed by atoms with Crippen LogP contribution in [-0.4, -0.2) is 67.1 Å². The fourth-order valence-electron chi connectivity index (χ4n) is 3.75. The van der Waals surface area contributed by atoms with Gasteiger partial charge in [0.2, 0.25) is 0 Å². The Bertz CT molecular complexity index is 1070. The number of morpholine rings is 1. The molecule has 0 unspecified atom stereocenters. The normalized spacial score (nSPS) is 14.3. The van der Waals surface area contributed by atoms with Gasteiger partial charge in [0.25, 0.3) is 5.91 Å². The maximum Gasteiger partial charge on any atom is 0.270 e. The monoisotopic (exact) mass is 434 g/mol. The van der Waals surface area contributed by atoms with Gasteiger partial charge in [-0.15, -0.1) is 0 Å². The molecule has 7 nitrogen and oxygen atoms in total. The highest BCUT2D eigenvalue weighted by atomic mass is 16.5. The van der Waals surface area contributed by atoms with Crippen molar-refractivity contribution in [1.82, 2.24) is 20.0 Å². The third-order valence-electron chi connectivity index (χ3n) is 5.88. The number of hydrogen-bond donors (Lipinski definition) is 1. The Morgan fingerprint density at radius 2 is 1.81 bits per heavy atom. The molecule has 168 valence electrons. The summed E-state index contributed by atoms with van der Waals surface area (Å²) < 4.78 is 12.4. The lowest BCUT2D eigenvalue weighted by Gasteiger charge is -2.26. The van der Waals surface area contributed by atoms with Crippen molar-refractivity contribution in [2.75, 3.05) is 46.5 Å². The van der Waals surface area contributed by atoms with E-state index in [9.17, 15) is 4.79 Å². The molecule has 2 aromatic carbocycles. The number of rotatable bonds is 7. The van der Waals surface area contributed by atoms with E-state index in [0.717, 1.165) is 55.5 Å². The van der Waals surface area contributed by atoms with Crippen LogP contribution in [-0.2, 0) is 4.74 Å². The molecule has 0 aliphatic carbocycles. The van der Waals surface area contributed by atoms with Gasteiger partial charge in [-0.3, -0.25) is 9.69 Å². The summed E-state index contributed by atoms with van der Waals surface area (Å²) in [5, 5.41) is 7.84. The molecule has 1 aliphatic heterocycles. The Balaban J connectivity index is 1.59. The molecule has 1 amide bonds. The molecule has 1 aromatic heterocycles. The molecule has 1 saturated heterocycles. The van der Waals surface area contributed by atoms with Crippen LogP contribution in [0.5, 0.6) is 5.75 Å². The summed E-state index contributed by atoms with van der Waals surface area (Å²) in [5.41, 5.74) is 5.48. The Morgan fingerprint density at radius 3 is 2.50 bits per heavy atom. The van der Waals surface area contributed by atoms with Gasteiger partial charge in [0.1, 0.15) is 11.4 Å². The first kappa shape index (κ1) is 22.0. The minimum absolute atomic E-state index is 0.142. The summed E-state index contributed by atoms with van der Waals surface area (Å²) in [6.45, 7) is 8.84. The van der Waals surface area contributed by atoms with Crippen molar-refractivity contribution >= 4 is 5.91 Å². The van der Waals surface area contributed by atoms with Crippen LogP contribution in [0.15, 0.2) is 48.5 Å². The van der Waals surface area contributed by atoms with Crippen molar-refractivity contribution in [3.05, 3.63) is 65.4 Å². The van der Waals surface area contributed by atoms with E-state index < -0.39 is 0 Å². The highest BCUT2D eigenvalue weighted by Gasteiger charge is 2.18. The van der Waals surface area contributed by atoms with Gasteiger partial charge in [-0.1, -0.05) is 12.1 Å². The lowest BCUT2D eigenvalue weighted by Crippen LogP contribution is -2.41. The number of hydrogen-bond acceptors (Lipinski definition) is 5. The van der Waals surface area contributed by atoms with Gasteiger partial charge in [0.15, 0.2) is 0 Å². The third-order valence-corrected chi connectivity index (χ3v) is 5.88. The molecule has 0 saturated carbocycles. The van der Waals surface area contributed by atoms with E-state index in [-0.39, 0.29) is 5.91 Å². The topological polar surface area (TPSA) is 68.6 Å². The summed E-state index contributed by atoms with van der Waals surface area (Å²) in [6, 6.07) is 15.6. The molecule has 7 heteroatoms. The number of carbonyl (C=O) groups excluding carboxylic acids is 1. The van der Waals surface area contributed by atoms with Crippen molar-refractivity contribution in [2.45, 2.75) is 13.8 Å². The molecular formula is C25H30N4O3. The van der Waals surface area contributed by atoms with E-state index in [2.05, 4.69) is 36.2 Å². The fraction of sp³-hybridized carbons (Fsp3) is 0.360. The van der Waals surface area contributed by atoms with Crippen LogP contribution in [0.4, 0.5) is 0 Å². The largest absolute Gasteiger partial charge is 0.497 e. The first-order valence-corrected chi connectivity index (χ1v) is 11.0. The Morgan fingerprint density at radius 1 is 1.06 bits per heavy atom. The van der Waals surface area contributed by atoms with E-state index in [1.165, 1.54) is 11.1 Å². The maximum absolute atomic E-state index is 13.1. The zero-order chi connectivity index (χ0) is 22.5. The highest BCUT2D eigenvalue weighted by Crippen LogP contribution is 2.25. The number of nitrogens with zero attached hydrogens (tertiary/aromatic N) is 3. The Kier molecular flexibility index (Phi) is 6.87. The van der Waals surface area contributed by atoms with Gasteiger partial charge in [-0.2, -0.15) is 5.10 Å². The standard InChI is InChI=1S/C25H30N4O3/c1-18-4-5-20(16-19(18)2)23-17-24(25(30)26-10-11-28-12-14-32-15-13-28)29(27-23)21-6-8-22(31-3)9-7-21/h4-9,16-17H,10-15H2,1-3H3,(H,26,30). The second-order valence-electron chi connectivity index (χ2n) is 8.03. The predicted octanol–water partition coefficient (Wildman–Crippen LogP) is 3.23. The van der Waals surface area contributed by atoms with Crippen LogP contribution in [0.2, 0.25) is 0 Å². The number of methoxy groups -OCH3 is 1. The van der Waals surface area contributed by atoms with Crippen LogP contribution >= 0.6 is 0 Å². The molecule has 0 atom stereocenters. The molecule has 1 fully saturated rings. The fourth-order valence-corrected chi connectivity index (χ4v) is 3.75. The SMILES string of the molecule is COc1ccc(-n2nc(-c3ccc(C)c(C)c3)cc2C(=O)NCCN2CCOCC2)cc1. The van der Waals surface area contributed by atoms with Gasteiger partial charge >= 0.3 is 0 Å². The molecule has 0 spiro atoms. The number of benzene rings is 2. The second-order valence-corrected chi connectivity index (χ2v) is 8.03. The number of amides is 1. The molecule has 1 N–H and O–H groups in total. The lowest BCUT2D eigenvalue weighted by atomic mass is 10.0. The van der Waals surface area contributed by atoms with E-state index >= 15 is 0 Å². The van der Waals surface area contributed by atoms with Crippen molar-refractivity contribution in [1.29, 1.82) is 0 Å². The average Bonchev–Trinajstić information content (AvgIpc) is 3.27. The third kappa shape index (κ3) is 5.00. The zero-order valence-electron chi connectivity index (χ0n) is 18.9. The average molecular weight is 435 g/mol. The molecule has 2 heterocycles.